The first kappa shape index (κ1) is 16.3. The van der Waals surface area contributed by atoms with Crippen molar-refractivity contribution in [3.05, 3.63) is 17.5 Å². The average Bonchev–Trinajstić information content (AvgIpc) is 3.04. The van der Waals surface area contributed by atoms with Crippen LogP contribution in [0.1, 0.15) is 36.3 Å². The fourth-order valence-corrected chi connectivity index (χ4v) is 3.17. The van der Waals surface area contributed by atoms with Crippen LogP contribution >= 0.6 is 24.2 Å². The summed E-state index contributed by atoms with van der Waals surface area (Å²) in [5, 5.41) is 16.8. The molecule has 9 heteroatoms. The molecular formula is C12H19ClN6OS. The molecule has 0 amide bonds. The van der Waals surface area contributed by atoms with Gasteiger partial charge in [0, 0.05) is 26.4 Å². The minimum Gasteiger partial charge on any atom is -0.340 e. The summed E-state index contributed by atoms with van der Waals surface area (Å²) in [4.78, 5) is 4.19. The molecule has 1 aliphatic heterocycles. The summed E-state index contributed by atoms with van der Waals surface area (Å²) in [5.74, 6) is 3.45. The van der Waals surface area contributed by atoms with Gasteiger partial charge in [0.25, 0.3) is 0 Å². The Kier molecular flexibility index (Phi) is 5.60. The van der Waals surface area contributed by atoms with Crippen LogP contribution in [-0.2, 0) is 12.8 Å². The predicted molar refractivity (Wildman–Crippen MR) is 81.7 cm³/mol. The lowest BCUT2D eigenvalue weighted by atomic mass is 9.99. The number of halogens is 1. The monoisotopic (exact) mass is 330 g/mol. The van der Waals surface area contributed by atoms with Crippen molar-refractivity contribution in [2.75, 3.05) is 13.1 Å². The van der Waals surface area contributed by atoms with Gasteiger partial charge < -0.3 is 14.4 Å². The molecule has 1 aliphatic rings. The third kappa shape index (κ3) is 3.75. The Labute approximate surface area is 133 Å². The van der Waals surface area contributed by atoms with Crippen LogP contribution in [0.2, 0.25) is 0 Å². The number of nitrogens with zero attached hydrogens (tertiary/aromatic N) is 5. The number of thioether (sulfide) groups is 1. The van der Waals surface area contributed by atoms with E-state index in [1.165, 1.54) is 12.8 Å². The lowest BCUT2D eigenvalue weighted by molar-refractivity contribution is 0.389. The van der Waals surface area contributed by atoms with Crippen LogP contribution in [0.15, 0.2) is 9.68 Å². The zero-order valence-electron chi connectivity index (χ0n) is 12.1. The minimum atomic E-state index is 0. The Morgan fingerprint density at radius 1 is 1.43 bits per heavy atom. The van der Waals surface area contributed by atoms with Crippen molar-refractivity contribution in [2.45, 2.75) is 36.6 Å². The van der Waals surface area contributed by atoms with Crippen LogP contribution in [-0.4, -0.2) is 38.0 Å². The van der Waals surface area contributed by atoms with Crippen LogP contribution in [0.25, 0.3) is 0 Å². The van der Waals surface area contributed by atoms with Crippen molar-refractivity contribution in [1.82, 2.24) is 30.2 Å². The Bertz CT molecular complexity index is 580. The maximum Gasteiger partial charge on any atom is 0.223 e. The molecule has 21 heavy (non-hydrogen) atoms. The zero-order valence-corrected chi connectivity index (χ0v) is 13.7. The topological polar surface area (TPSA) is 81.7 Å². The van der Waals surface area contributed by atoms with Gasteiger partial charge in [-0.25, -0.2) is 0 Å². The molecule has 1 fully saturated rings. The molecule has 7 nitrogen and oxygen atoms in total. The van der Waals surface area contributed by atoms with Gasteiger partial charge in [-0.15, -0.1) is 22.6 Å². The first-order chi connectivity index (χ1) is 9.74. The zero-order chi connectivity index (χ0) is 13.9. The second-order valence-electron chi connectivity index (χ2n) is 4.96. The van der Waals surface area contributed by atoms with Crippen molar-refractivity contribution >= 4 is 24.2 Å². The summed E-state index contributed by atoms with van der Waals surface area (Å²) in [5.41, 5.74) is 0. The Morgan fingerprint density at radius 3 is 2.95 bits per heavy atom. The molecule has 0 bridgehead atoms. The van der Waals surface area contributed by atoms with Gasteiger partial charge in [0.1, 0.15) is 5.82 Å². The van der Waals surface area contributed by atoms with Gasteiger partial charge in [0.15, 0.2) is 11.0 Å². The minimum absolute atomic E-state index is 0. The van der Waals surface area contributed by atoms with Crippen LogP contribution < -0.4 is 5.32 Å². The molecule has 1 saturated heterocycles. The summed E-state index contributed by atoms with van der Waals surface area (Å²) in [6.07, 6.45) is 2.37. The van der Waals surface area contributed by atoms with Crippen molar-refractivity contribution in [3.8, 4) is 0 Å². The Morgan fingerprint density at radius 2 is 2.29 bits per heavy atom. The van der Waals surface area contributed by atoms with Crippen molar-refractivity contribution in [1.29, 1.82) is 0 Å². The van der Waals surface area contributed by atoms with Crippen LogP contribution in [0.3, 0.4) is 0 Å². The second-order valence-corrected chi connectivity index (χ2v) is 5.90. The number of aromatic nitrogens is 5. The molecule has 3 heterocycles. The van der Waals surface area contributed by atoms with E-state index >= 15 is 0 Å². The van der Waals surface area contributed by atoms with E-state index in [4.69, 9.17) is 4.52 Å². The highest BCUT2D eigenvalue weighted by Crippen LogP contribution is 2.26. The molecule has 0 spiro atoms. The SMILES string of the molecule is Cc1nc(CSc2nnc(C3CCCNC3)n2C)no1.Cl. The van der Waals surface area contributed by atoms with E-state index in [-0.39, 0.29) is 12.4 Å². The van der Waals surface area contributed by atoms with E-state index in [1.54, 1.807) is 18.7 Å². The molecule has 0 radical (unpaired) electrons. The van der Waals surface area contributed by atoms with E-state index in [9.17, 15) is 0 Å². The van der Waals surface area contributed by atoms with E-state index < -0.39 is 0 Å². The first-order valence-electron chi connectivity index (χ1n) is 6.76. The number of hydrogen-bond acceptors (Lipinski definition) is 7. The third-order valence-corrected chi connectivity index (χ3v) is 4.45. The Hall–Kier alpha value is -1.12. The van der Waals surface area contributed by atoms with E-state index in [0.29, 0.717) is 23.4 Å². The van der Waals surface area contributed by atoms with Crippen LogP contribution in [0.4, 0.5) is 0 Å². The highest BCUT2D eigenvalue weighted by atomic mass is 35.5. The van der Waals surface area contributed by atoms with Gasteiger partial charge in [-0.2, -0.15) is 4.98 Å². The summed E-state index contributed by atoms with van der Waals surface area (Å²) in [6, 6.07) is 0. The van der Waals surface area contributed by atoms with Crippen LogP contribution in [0, 0.1) is 6.92 Å². The standard InChI is InChI=1S/C12H18N6OS.ClH/c1-8-14-10(17-19-8)7-20-12-16-15-11(18(12)2)9-4-3-5-13-6-9;/h9,13H,3-7H2,1-2H3;1H. The van der Waals surface area contributed by atoms with Gasteiger partial charge in [0.2, 0.25) is 5.89 Å². The first-order valence-corrected chi connectivity index (χ1v) is 7.74. The van der Waals surface area contributed by atoms with Crippen LogP contribution in [0.5, 0.6) is 0 Å². The summed E-state index contributed by atoms with van der Waals surface area (Å²) in [7, 11) is 2.02. The molecule has 1 N–H and O–H groups in total. The van der Waals surface area contributed by atoms with E-state index in [0.717, 1.165) is 24.1 Å². The normalized spacial score (nSPS) is 18.5. The molecule has 0 saturated carbocycles. The fraction of sp³-hybridized carbons (Fsp3) is 0.667. The van der Waals surface area contributed by atoms with Gasteiger partial charge in [-0.3, -0.25) is 0 Å². The molecule has 3 rings (SSSR count). The molecule has 0 aromatic carbocycles. The summed E-state index contributed by atoms with van der Waals surface area (Å²) in [6.45, 7) is 3.88. The lowest BCUT2D eigenvalue weighted by Crippen LogP contribution is -2.29. The molecule has 116 valence electrons. The number of nitrogens with one attached hydrogen (secondary N) is 1. The van der Waals surface area contributed by atoms with Crippen molar-refractivity contribution in [3.63, 3.8) is 0 Å². The predicted octanol–water partition coefficient (Wildman–Crippen LogP) is 1.69. The second kappa shape index (κ2) is 7.24. The molecular weight excluding hydrogens is 312 g/mol. The molecule has 1 unspecified atom stereocenters. The maximum atomic E-state index is 4.96. The van der Waals surface area contributed by atoms with Gasteiger partial charge in [-0.05, 0) is 19.4 Å². The third-order valence-electron chi connectivity index (χ3n) is 3.43. The summed E-state index contributed by atoms with van der Waals surface area (Å²) < 4.78 is 7.04. The highest BCUT2D eigenvalue weighted by molar-refractivity contribution is 7.98. The smallest absolute Gasteiger partial charge is 0.223 e. The van der Waals surface area contributed by atoms with Gasteiger partial charge in [0.05, 0.1) is 5.75 Å². The summed E-state index contributed by atoms with van der Waals surface area (Å²) >= 11 is 1.58. The number of piperidine rings is 1. The quantitative estimate of drug-likeness (QED) is 0.854. The Balaban J connectivity index is 0.00000161. The van der Waals surface area contributed by atoms with E-state index in [2.05, 4.69) is 30.2 Å². The maximum absolute atomic E-state index is 4.96. The number of rotatable bonds is 4. The van der Waals surface area contributed by atoms with Crippen molar-refractivity contribution < 1.29 is 4.52 Å². The van der Waals surface area contributed by atoms with Crippen molar-refractivity contribution in [2.24, 2.45) is 7.05 Å². The molecule has 2 aromatic rings. The lowest BCUT2D eigenvalue weighted by Gasteiger charge is -2.21. The van der Waals surface area contributed by atoms with E-state index in [1.807, 2.05) is 7.05 Å². The number of hydrogen-bond donors (Lipinski definition) is 1. The van der Waals surface area contributed by atoms with Gasteiger partial charge in [-0.1, -0.05) is 16.9 Å². The molecule has 1 atom stereocenters. The molecule has 0 aliphatic carbocycles. The van der Waals surface area contributed by atoms with Gasteiger partial charge >= 0.3 is 0 Å². The molecule has 2 aromatic heterocycles. The highest BCUT2D eigenvalue weighted by Gasteiger charge is 2.21. The number of aryl methyl sites for hydroxylation is 1. The fourth-order valence-electron chi connectivity index (χ4n) is 2.41. The largest absolute Gasteiger partial charge is 0.340 e. The average molecular weight is 331 g/mol.